The van der Waals surface area contributed by atoms with Crippen LogP contribution in [-0.2, 0) is 11.2 Å². The number of carbonyl (C=O) groups excluding carboxylic acids is 1. The summed E-state index contributed by atoms with van der Waals surface area (Å²) in [5.74, 6) is 0.529. The average Bonchev–Trinajstić information content (AvgIpc) is 2.84. The lowest BCUT2D eigenvalue weighted by atomic mass is 9.83. The number of piperidine rings is 3. The fourth-order valence-corrected chi connectivity index (χ4v) is 5.58. The van der Waals surface area contributed by atoms with Gasteiger partial charge < -0.3 is 9.22 Å². The highest BCUT2D eigenvalue weighted by Gasteiger charge is 2.47. The van der Waals surface area contributed by atoms with Gasteiger partial charge in [-0.1, -0.05) is 68.3 Å². The van der Waals surface area contributed by atoms with Crippen molar-refractivity contribution in [2.45, 2.75) is 58.0 Å². The summed E-state index contributed by atoms with van der Waals surface area (Å²) in [6.07, 6.45) is 7.88. The van der Waals surface area contributed by atoms with Gasteiger partial charge in [0, 0.05) is 37.4 Å². The number of anilines is 1. The first kappa shape index (κ1) is 22.8. The Morgan fingerprint density at radius 1 is 0.969 bits per heavy atom. The maximum absolute atomic E-state index is 13.3. The van der Waals surface area contributed by atoms with E-state index >= 15 is 0 Å². The summed E-state index contributed by atoms with van der Waals surface area (Å²) in [6, 6.07) is 20.8. The second-order valence-corrected chi connectivity index (χ2v) is 9.74. The molecule has 0 N–H and O–H groups in total. The van der Waals surface area contributed by atoms with Gasteiger partial charge in [-0.2, -0.15) is 0 Å². The Balaban J connectivity index is 1.36. The number of quaternary nitrogens is 1. The Labute approximate surface area is 193 Å². The zero-order valence-corrected chi connectivity index (χ0v) is 19.6. The average molecular weight is 436 g/mol. The minimum atomic E-state index is -0.159. The molecule has 3 saturated heterocycles. The van der Waals surface area contributed by atoms with Crippen LogP contribution in [0.1, 0.15) is 51.0 Å². The fraction of sp³-hybridized carbons (Fsp3) is 0.536. The van der Waals surface area contributed by atoms with Crippen LogP contribution >= 0.6 is 0 Å². The van der Waals surface area contributed by atoms with Gasteiger partial charge in [0.25, 0.3) is 0 Å². The van der Waals surface area contributed by atoms with E-state index in [1.165, 1.54) is 44.5 Å². The van der Waals surface area contributed by atoms with Crippen molar-refractivity contribution in [2.24, 2.45) is 5.92 Å². The molecule has 3 aliphatic heterocycles. The molecule has 172 valence electrons. The molecule has 0 aromatic heterocycles. The van der Waals surface area contributed by atoms with Crippen molar-refractivity contribution in [3.8, 4) is 0 Å². The van der Waals surface area contributed by atoms with E-state index in [0.717, 1.165) is 48.9 Å². The molecule has 32 heavy (non-hydrogen) atoms. The van der Waals surface area contributed by atoms with E-state index in [2.05, 4.69) is 37.3 Å². The number of amides is 1. The molecule has 5 rings (SSSR count). The summed E-state index contributed by atoms with van der Waals surface area (Å²) in [5.41, 5.74) is 2.37. The van der Waals surface area contributed by atoms with Crippen LogP contribution in [0.4, 0.5) is 10.5 Å². The Bertz CT molecular complexity index is 831. The third-order valence-electron chi connectivity index (χ3n) is 7.51. The zero-order chi connectivity index (χ0) is 22.2. The van der Waals surface area contributed by atoms with E-state index in [9.17, 15) is 4.79 Å². The predicted octanol–water partition coefficient (Wildman–Crippen LogP) is 6.06. The summed E-state index contributed by atoms with van der Waals surface area (Å²) in [4.78, 5) is 15.1. The van der Waals surface area contributed by atoms with Crippen LogP contribution in [0.15, 0.2) is 60.7 Å². The molecule has 3 fully saturated rings. The van der Waals surface area contributed by atoms with Crippen LogP contribution in [0.3, 0.4) is 0 Å². The minimum Gasteiger partial charge on any atom is -0.440 e. The number of aryl methyl sites for hydroxylation is 1. The molecule has 0 unspecified atom stereocenters. The first-order valence-corrected chi connectivity index (χ1v) is 12.6. The van der Waals surface area contributed by atoms with E-state index in [1.54, 1.807) is 0 Å². The highest BCUT2D eigenvalue weighted by molar-refractivity contribution is 5.87. The van der Waals surface area contributed by atoms with Crippen LogP contribution in [-0.4, -0.2) is 49.4 Å². The van der Waals surface area contributed by atoms with Crippen molar-refractivity contribution < 1.29 is 14.0 Å². The molecule has 3 heterocycles. The van der Waals surface area contributed by atoms with Crippen LogP contribution in [0.25, 0.3) is 0 Å². The Morgan fingerprint density at radius 2 is 1.66 bits per heavy atom. The van der Waals surface area contributed by atoms with Gasteiger partial charge in [0.1, 0.15) is 6.54 Å². The fourth-order valence-electron chi connectivity index (χ4n) is 5.58. The standard InChI is InChI=1S/C28H39N2O2/c1-2-3-10-19-29(26-15-8-5-9-16-26)28(31)32-27-23-30(21-17-25(27)18-22-30)20-11-14-24-12-6-4-7-13-24/h4-9,12-13,15-16,25,27H,2-3,10-11,14,17-23H2,1H3/q+1/t25?,27-,30?/m0/s1. The van der Waals surface area contributed by atoms with Gasteiger partial charge in [-0.3, -0.25) is 4.90 Å². The zero-order valence-electron chi connectivity index (χ0n) is 19.6. The SMILES string of the molecule is CCCCCN(C(=O)O[C@H]1C[N+]2(CCCc3ccccc3)CCC1CC2)c1ccccc1. The maximum Gasteiger partial charge on any atom is 0.414 e. The summed E-state index contributed by atoms with van der Waals surface area (Å²) < 4.78 is 7.36. The van der Waals surface area contributed by atoms with Crippen LogP contribution in [0, 0.1) is 5.92 Å². The van der Waals surface area contributed by atoms with E-state index in [0.29, 0.717) is 5.92 Å². The molecule has 3 aliphatic rings. The Morgan fingerprint density at radius 3 is 2.34 bits per heavy atom. The van der Waals surface area contributed by atoms with Gasteiger partial charge >= 0.3 is 6.09 Å². The van der Waals surface area contributed by atoms with Crippen LogP contribution < -0.4 is 4.90 Å². The lowest BCUT2D eigenvalue weighted by Gasteiger charge is -2.52. The predicted molar refractivity (Wildman–Crippen MR) is 131 cm³/mol. The molecule has 2 aromatic carbocycles. The molecule has 2 aromatic rings. The number of benzene rings is 2. The number of para-hydroxylation sites is 1. The third kappa shape index (κ3) is 5.72. The van der Waals surface area contributed by atoms with Crippen molar-refractivity contribution >= 4 is 11.8 Å². The first-order chi connectivity index (χ1) is 15.7. The summed E-state index contributed by atoms with van der Waals surface area (Å²) in [5, 5.41) is 0. The number of fused-ring (bicyclic) bond motifs is 3. The van der Waals surface area contributed by atoms with Gasteiger partial charge in [-0.25, -0.2) is 4.79 Å². The molecule has 1 amide bonds. The van der Waals surface area contributed by atoms with Gasteiger partial charge in [0.15, 0.2) is 6.10 Å². The second-order valence-electron chi connectivity index (χ2n) is 9.74. The Hall–Kier alpha value is -2.33. The number of unbranched alkanes of at least 4 members (excludes halogenated alkanes) is 2. The molecular weight excluding hydrogens is 396 g/mol. The summed E-state index contributed by atoms with van der Waals surface area (Å²) in [7, 11) is 0. The quantitative estimate of drug-likeness (QED) is 0.335. The van der Waals surface area contributed by atoms with E-state index in [1.807, 2.05) is 35.2 Å². The molecule has 1 atom stereocenters. The van der Waals surface area contributed by atoms with Crippen molar-refractivity contribution in [1.82, 2.24) is 0 Å². The smallest absolute Gasteiger partial charge is 0.414 e. The van der Waals surface area contributed by atoms with Crippen molar-refractivity contribution in [3.63, 3.8) is 0 Å². The van der Waals surface area contributed by atoms with Gasteiger partial charge in [0.05, 0.1) is 19.6 Å². The largest absolute Gasteiger partial charge is 0.440 e. The van der Waals surface area contributed by atoms with Crippen molar-refractivity contribution in [3.05, 3.63) is 66.2 Å². The number of carbonyl (C=O) groups is 1. The topological polar surface area (TPSA) is 29.5 Å². The van der Waals surface area contributed by atoms with Crippen molar-refractivity contribution in [2.75, 3.05) is 37.6 Å². The minimum absolute atomic E-state index is 0.0547. The highest BCUT2D eigenvalue weighted by atomic mass is 16.6. The van der Waals surface area contributed by atoms with E-state index in [-0.39, 0.29) is 12.2 Å². The summed E-state index contributed by atoms with van der Waals surface area (Å²) >= 11 is 0. The lowest BCUT2D eigenvalue weighted by Crippen LogP contribution is -2.65. The number of hydrogen-bond donors (Lipinski definition) is 0. The number of hydrogen-bond acceptors (Lipinski definition) is 2. The normalized spacial score (nSPS) is 24.3. The number of nitrogens with zero attached hydrogens (tertiary/aromatic N) is 2. The molecule has 0 radical (unpaired) electrons. The van der Waals surface area contributed by atoms with Gasteiger partial charge in [-0.15, -0.1) is 0 Å². The lowest BCUT2D eigenvalue weighted by molar-refractivity contribution is -0.946. The first-order valence-electron chi connectivity index (χ1n) is 12.6. The van der Waals surface area contributed by atoms with Crippen LogP contribution in [0.5, 0.6) is 0 Å². The molecule has 2 bridgehead atoms. The monoisotopic (exact) mass is 435 g/mol. The van der Waals surface area contributed by atoms with E-state index < -0.39 is 0 Å². The number of rotatable bonds is 10. The second kappa shape index (κ2) is 11.0. The molecule has 4 heteroatoms. The van der Waals surface area contributed by atoms with E-state index in [4.69, 9.17) is 4.74 Å². The van der Waals surface area contributed by atoms with Gasteiger partial charge in [-0.05, 0) is 30.5 Å². The highest BCUT2D eigenvalue weighted by Crippen LogP contribution is 2.36. The molecule has 4 nitrogen and oxygen atoms in total. The molecular formula is C28H39N2O2+. The maximum atomic E-state index is 13.3. The Kier molecular flexibility index (Phi) is 7.85. The molecule has 0 saturated carbocycles. The molecule has 0 aliphatic carbocycles. The van der Waals surface area contributed by atoms with Crippen molar-refractivity contribution in [1.29, 1.82) is 0 Å². The summed E-state index contributed by atoms with van der Waals surface area (Å²) in [6.45, 7) is 7.58. The number of ether oxygens (including phenoxy) is 1. The third-order valence-corrected chi connectivity index (χ3v) is 7.51. The van der Waals surface area contributed by atoms with Crippen LogP contribution in [0.2, 0.25) is 0 Å². The van der Waals surface area contributed by atoms with Gasteiger partial charge in [0.2, 0.25) is 0 Å². The molecule has 0 spiro atoms.